The molecule has 1 aliphatic carbocycles. The molecule has 1 fully saturated rings. The van der Waals surface area contributed by atoms with Crippen molar-refractivity contribution in [3.8, 4) is 0 Å². The van der Waals surface area contributed by atoms with E-state index in [1.54, 1.807) is 0 Å². The van der Waals surface area contributed by atoms with Gasteiger partial charge in [0.05, 0.1) is 19.6 Å². The van der Waals surface area contributed by atoms with Crippen molar-refractivity contribution < 1.29 is 17.9 Å². The van der Waals surface area contributed by atoms with Crippen LogP contribution in [0.25, 0.3) is 0 Å². The summed E-state index contributed by atoms with van der Waals surface area (Å²) in [5.74, 6) is 0.561. The van der Waals surface area contributed by atoms with Gasteiger partial charge in [0.2, 0.25) is 0 Å². The highest BCUT2D eigenvalue weighted by Crippen LogP contribution is 2.27. The minimum absolute atomic E-state index is 0.216. The van der Waals surface area contributed by atoms with E-state index in [4.69, 9.17) is 4.74 Å². The molecule has 19 heavy (non-hydrogen) atoms. The Morgan fingerprint density at radius 3 is 2.47 bits per heavy atom. The van der Waals surface area contributed by atoms with Crippen molar-refractivity contribution in [2.75, 3.05) is 19.8 Å². The fourth-order valence-electron chi connectivity index (χ4n) is 2.63. The molecule has 0 aliphatic heterocycles. The van der Waals surface area contributed by atoms with Gasteiger partial charge >= 0.3 is 6.18 Å². The average Bonchev–Trinajstić information content (AvgIpc) is 2.38. The predicted molar refractivity (Wildman–Crippen MR) is 70.1 cm³/mol. The van der Waals surface area contributed by atoms with Gasteiger partial charge in [0.25, 0.3) is 0 Å². The van der Waals surface area contributed by atoms with E-state index >= 15 is 0 Å². The van der Waals surface area contributed by atoms with Crippen molar-refractivity contribution >= 4 is 0 Å². The summed E-state index contributed by atoms with van der Waals surface area (Å²) in [5.41, 5.74) is 0. The molecule has 1 aliphatic rings. The van der Waals surface area contributed by atoms with Gasteiger partial charge in [-0.15, -0.1) is 0 Å². The molecule has 1 rings (SSSR count). The third kappa shape index (κ3) is 7.78. The van der Waals surface area contributed by atoms with E-state index < -0.39 is 12.6 Å². The quantitative estimate of drug-likeness (QED) is 0.681. The molecule has 1 unspecified atom stereocenters. The number of ether oxygens (including phenoxy) is 1. The summed E-state index contributed by atoms with van der Waals surface area (Å²) in [6.07, 6.45) is 2.16. The van der Waals surface area contributed by atoms with Gasteiger partial charge in [-0.2, -0.15) is 13.2 Å². The van der Waals surface area contributed by atoms with Crippen LogP contribution in [0.2, 0.25) is 0 Å². The zero-order valence-electron chi connectivity index (χ0n) is 11.8. The lowest BCUT2D eigenvalue weighted by Gasteiger charge is -2.31. The summed E-state index contributed by atoms with van der Waals surface area (Å²) in [4.78, 5) is 0. The summed E-state index contributed by atoms with van der Waals surface area (Å²) < 4.78 is 41.4. The van der Waals surface area contributed by atoms with E-state index in [9.17, 15) is 13.2 Å². The van der Waals surface area contributed by atoms with Crippen LogP contribution < -0.4 is 5.32 Å². The van der Waals surface area contributed by atoms with Crippen molar-refractivity contribution in [2.45, 2.75) is 64.1 Å². The van der Waals surface area contributed by atoms with Crippen molar-refractivity contribution in [3.63, 3.8) is 0 Å². The summed E-state index contributed by atoms with van der Waals surface area (Å²) in [5, 5.41) is 3.43. The molecule has 0 spiro atoms. The zero-order valence-corrected chi connectivity index (χ0v) is 11.8. The van der Waals surface area contributed by atoms with Crippen LogP contribution in [0.1, 0.15) is 51.9 Å². The highest BCUT2D eigenvalue weighted by molar-refractivity contribution is 4.79. The molecule has 1 N–H and O–H groups in total. The summed E-state index contributed by atoms with van der Waals surface area (Å²) in [6.45, 7) is 3.18. The molecule has 0 saturated heterocycles. The average molecular weight is 281 g/mol. The maximum atomic E-state index is 12.0. The Balaban J connectivity index is 2.28. The summed E-state index contributed by atoms with van der Waals surface area (Å²) in [6, 6.07) is 0.216. The lowest BCUT2D eigenvalue weighted by atomic mass is 9.84. The molecule has 5 heteroatoms. The highest BCUT2D eigenvalue weighted by atomic mass is 19.4. The molecule has 0 bridgehead atoms. The molecule has 1 atom stereocenters. The molecule has 0 amide bonds. The summed E-state index contributed by atoms with van der Waals surface area (Å²) >= 11 is 0. The van der Waals surface area contributed by atoms with Gasteiger partial charge < -0.3 is 10.1 Å². The SMILES string of the molecule is CCCNC(COCCC(F)(F)F)C1CCCCC1. The first-order chi connectivity index (χ1) is 9.03. The van der Waals surface area contributed by atoms with Crippen LogP contribution >= 0.6 is 0 Å². The second-order valence-electron chi connectivity index (χ2n) is 5.40. The first kappa shape index (κ1) is 16.8. The van der Waals surface area contributed by atoms with E-state index in [2.05, 4.69) is 12.2 Å². The Kier molecular flexibility index (Phi) is 7.76. The lowest BCUT2D eigenvalue weighted by Crippen LogP contribution is -2.41. The molecular formula is C14H26F3NO. The van der Waals surface area contributed by atoms with Gasteiger partial charge in [-0.1, -0.05) is 26.2 Å². The minimum atomic E-state index is -4.11. The molecular weight excluding hydrogens is 255 g/mol. The number of hydrogen-bond donors (Lipinski definition) is 1. The van der Waals surface area contributed by atoms with Gasteiger partial charge in [0.1, 0.15) is 0 Å². The van der Waals surface area contributed by atoms with Crippen LogP contribution in [0.5, 0.6) is 0 Å². The van der Waals surface area contributed by atoms with Crippen molar-refractivity contribution in [1.82, 2.24) is 5.32 Å². The van der Waals surface area contributed by atoms with Crippen molar-refractivity contribution in [2.24, 2.45) is 5.92 Å². The van der Waals surface area contributed by atoms with Crippen molar-refractivity contribution in [1.29, 1.82) is 0 Å². The second kappa shape index (κ2) is 8.80. The third-order valence-electron chi connectivity index (χ3n) is 3.70. The van der Waals surface area contributed by atoms with Gasteiger partial charge in [-0.25, -0.2) is 0 Å². The second-order valence-corrected chi connectivity index (χ2v) is 5.40. The maximum absolute atomic E-state index is 12.0. The van der Waals surface area contributed by atoms with Crippen LogP contribution in [0.3, 0.4) is 0 Å². The predicted octanol–water partition coefficient (Wildman–Crippen LogP) is 3.90. The van der Waals surface area contributed by atoms with E-state index in [1.807, 2.05) is 0 Å². The standard InChI is InChI=1S/C14H26F3NO/c1-2-9-18-13(12-6-4-3-5-7-12)11-19-10-8-14(15,16)17/h12-13,18H,2-11H2,1H3. The fraction of sp³-hybridized carbons (Fsp3) is 1.00. The van der Waals surface area contributed by atoms with Gasteiger partial charge in [0, 0.05) is 6.04 Å². The van der Waals surface area contributed by atoms with Gasteiger partial charge in [-0.05, 0) is 31.7 Å². The third-order valence-corrected chi connectivity index (χ3v) is 3.70. The van der Waals surface area contributed by atoms with Crippen LogP contribution in [0, 0.1) is 5.92 Å². The Labute approximate surface area is 114 Å². The van der Waals surface area contributed by atoms with Crippen LogP contribution in [-0.4, -0.2) is 32.0 Å². The van der Waals surface area contributed by atoms with Gasteiger partial charge in [0.15, 0.2) is 0 Å². The van der Waals surface area contributed by atoms with E-state index in [0.29, 0.717) is 12.5 Å². The molecule has 0 aromatic carbocycles. The summed E-state index contributed by atoms with van der Waals surface area (Å²) in [7, 11) is 0. The molecule has 114 valence electrons. The molecule has 0 heterocycles. The lowest BCUT2D eigenvalue weighted by molar-refractivity contribution is -0.146. The van der Waals surface area contributed by atoms with Crippen LogP contribution in [-0.2, 0) is 4.74 Å². The van der Waals surface area contributed by atoms with E-state index in [1.165, 1.54) is 32.1 Å². The Morgan fingerprint density at radius 2 is 1.89 bits per heavy atom. The number of alkyl halides is 3. The Hall–Kier alpha value is -0.290. The number of halogens is 3. The smallest absolute Gasteiger partial charge is 0.379 e. The fourth-order valence-corrected chi connectivity index (χ4v) is 2.63. The van der Waals surface area contributed by atoms with Crippen LogP contribution in [0.15, 0.2) is 0 Å². The zero-order chi connectivity index (χ0) is 14.1. The molecule has 0 aromatic heterocycles. The van der Waals surface area contributed by atoms with Crippen LogP contribution in [0.4, 0.5) is 13.2 Å². The molecule has 0 aromatic rings. The van der Waals surface area contributed by atoms with Gasteiger partial charge in [-0.3, -0.25) is 0 Å². The Morgan fingerprint density at radius 1 is 1.21 bits per heavy atom. The molecule has 1 saturated carbocycles. The normalized spacial score (nSPS) is 19.6. The number of nitrogens with one attached hydrogen (secondary N) is 1. The topological polar surface area (TPSA) is 21.3 Å². The molecule has 2 nitrogen and oxygen atoms in total. The van der Waals surface area contributed by atoms with E-state index in [-0.39, 0.29) is 12.6 Å². The largest absolute Gasteiger partial charge is 0.391 e. The minimum Gasteiger partial charge on any atom is -0.379 e. The Bertz CT molecular complexity index is 227. The highest BCUT2D eigenvalue weighted by Gasteiger charge is 2.27. The first-order valence-electron chi connectivity index (χ1n) is 7.41. The monoisotopic (exact) mass is 281 g/mol. The maximum Gasteiger partial charge on any atom is 0.391 e. The number of hydrogen-bond acceptors (Lipinski definition) is 2. The molecule has 0 radical (unpaired) electrons. The van der Waals surface area contributed by atoms with E-state index in [0.717, 1.165) is 13.0 Å². The number of rotatable bonds is 8. The van der Waals surface area contributed by atoms with Crippen molar-refractivity contribution in [3.05, 3.63) is 0 Å². The first-order valence-corrected chi connectivity index (χ1v) is 7.41.